The van der Waals surface area contributed by atoms with Gasteiger partial charge in [0.1, 0.15) is 0 Å². The van der Waals surface area contributed by atoms with E-state index in [9.17, 15) is 9.59 Å². The van der Waals surface area contributed by atoms with Gasteiger partial charge in [0.15, 0.2) is 0 Å². The summed E-state index contributed by atoms with van der Waals surface area (Å²) in [7, 11) is 0. The topological polar surface area (TPSA) is 78.4 Å². The zero-order chi connectivity index (χ0) is 11.3. The number of carboxylic acid groups (broad SMARTS) is 1. The fourth-order valence-corrected chi connectivity index (χ4v) is 1.54. The molecule has 1 aliphatic rings. The van der Waals surface area contributed by atoms with E-state index in [1.165, 1.54) is 0 Å². The highest BCUT2D eigenvalue weighted by Gasteiger charge is 2.21. The van der Waals surface area contributed by atoms with Crippen molar-refractivity contribution in [3.05, 3.63) is 0 Å². The van der Waals surface area contributed by atoms with Crippen LogP contribution in [0, 0.1) is 5.92 Å². The van der Waals surface area contributed by atoms with Crippen molar-refractivity contribution in [3.8, 4) is 0 Å². The quantitative estimate of drug-likeness (QED) is 0.614. The summed E-state index contributed by atoms with van der Waals surface area (Å²) in [4.78, 5) is 22.1. The first-order valence-electron chi connectivity index (χ1n) is 5.35. The van der Waals surface area contributed by atoms with E-state index in [4.69, 9.17) is 5.11 Å². The Morgan fingerprint density at radius 1 is 1.53 bits per heavy atom. The molecule has 15 heavy (non-hydrogen) atoms. The van der Waals surface area contributed by atoms with Gasteiger partial charge in [-0.3, -0.25) is 9.59 Å². The minimum Gasteiger partial charge on any atom is -0.481 e. The van der Waals surface area contributed by atoms with Crippen LogP contribution in [0.4, 0.5) is 0 Å². The molecule has 1 amide bonds. The van der Waals surface area contributed by atoms with Gasteiger partial charge in [0, 0.05) is 6.54 Å². The van der Waals surface area contributed by atoms with Gasteiger partial charge in [-0.15, -0.1) is 0 Å². The van der Waals surface area contributed by atoms with Crippen LogP contribution in [0.15, 0.2) is 0 Å². The number of carbonyl (C=O) groups is 2. The van der Waals surface area contributed by atoms with Gasteiger partial charge in [0.2, 0.25) is 5.91 Å². The van der Waals surface area contributed by atoms with Crippen molar-refractivity contribution in [3.63, 3.8) is 0 Å². The maximum Gasteiger partial charge on any atom is 0.308 e. The van der Waals surface area contributed by atoms with Crippen molar-refractivity contribution < 1.29 is 14.7 Å². The van der Waals surface area contributed by atoms with Crippen LogP contribution in [0.1, 0.15) is 26.2 Å². The van der Waals surface area contributed by atoms with Gasteiger partial charge in [0.25, 0.3) is 0 Å². The van der Waals surface area contributed by atoms with Crippen molar-refractivity contribution in [2.24, 2.45) is 5.92 Å². The normalized spacial score (nSPS) is 23.1. The number of nitrogens with one attached hydrogen (secondary N) is 2. The monoisotopic (exact) mass is 214 g/mol. The summed E-state index contributed by atoms with van der Waals surface area (Å²) in [5, 5.41) is 14.4. The molecule has 0 radical (unpaired) electrons. The van der Waals surface area contributed by atoms with E-state index >= 15 is 0 Å². The minimum absolute atomic E-state index is 0.0807. The van der Waals surface area contributed by atoms with Crippen LogP contribution < -0.4 is 10.6 Å². The zero-order valence-electron chi connectivity index (χ0n) is 8.95. The SMILES string of the molecule is CC(CNC(=O)[C@@H]1CCCCN1)C(=O)O. The molecule has 0 aromatic heterocycles. The molecule has 1 fully saturated rings. The Morgan fingerprint density at radius 2 is 2.27 bits per heavy atom. The van der Waals surface area contributed by atoms with Gasteiger partial charge >= 0.3 is 5.97 Å². The minimum atomic E-state index is -0.882. The summed E-state index contributed by atoms with van der Waals surface area (Å²) in [6.45, 7) is 2.65. The summed E-state index contributed by atoms with van der Waals surface area (Å²) >= 11 is 0. The van der Waals surface area contributed by atoms with E-state index in [0.29, 0.717) is 0 Å². The first-order chi connectivity index (χ1) is 7.11. The predicted octanol–water partition coefficient (Wildman–Crippen LogP) is -0.0346. The molecule has 0 saturated carbocycles. The van der Waals surface area contributed by atoms with E-state index in [1.807, 2.05) is 0 Å². The van der Waals surface area contributed by atoms with Crippen molar-refractivity contribution in [1.29, 1.82) is 0 Å². The van der Waals surface area contributed by atoms with E-state index in [2.05, 4.69) is 10.6 Å². The molecule has 0 bridgehead atoms. The number of hydrogen-bond donors (Lipinski definition) is 3. The molecule has 5 heteroatoms. The average molecular weight is 214 g/mol. The highest BCUT2D eigenvalue weighted by molar-refractivity contribution is 5.82. The number of rotatable bonds is 4. The lowest BCUT2D eigenvalue weighted by Crippen LogP contribution is -2.47. The lowest BCUT2D eigenvalue weighted by Gasteiger charge is -2.22. The third-order valence-corrected chi connectivity index (χ3v) is 2.63. The third-order valence-electron chi connectivity index (χ3n) is 2.63. The van der Waals surface area contributed by atoms with Crippen LogP contribution in [0.5, 0.6) is 0 Å². The molecule has 0 aromatic rings. The van der Waals surface area contributed by atoms with Crippen LogP contribution in [-0.4, -0.2) is 36.1 Å². The second-order valence-corrected chi connectivity index (χ2v) is 3.99. The number of piperidine rings is 1. The lowest BCUT2D eigenvalue weighted by molar-refractivity contribution is -0.141. The number of carbonyl (C=O) groups excluding carboxylic acids is 1. The van der Waals surface area contributed by atoms with E-state index in [-0.39, 0.29) is 18.5 Å². The molecule has 0 aliphatic carbocycles. The molecule has 3 N–H and O–H groups in total. The van der Waals surface area contributed by atoms with Crippen LogP contribution in [0.25, 0.3) is 0 Å². The van der Waals surface area contributed by atoms with Gasteiger partial charge in [-0.1, -0.05) is 13.3 Å². The van der Waals surface area contributed by atoms with E-state index in [0.717, 1.165) is 25.8 Å². The Kier molecular flexibility index (Phi) is 4.55. The van der Waals surface area contributed by atoms with Crippen molar-refractivity contribution in [2.75, 3.05) is 13.1 Å². The van der Waals surface area contributed by atoms with Gasteiger partial charge in [-0.05, 0) is 19.4 Å². The fourth-order valence-electron chi connectivity index (χ4n) is 1.54. The van der Waals surface area contributed by atoms with Gasteiger partial charge < -0.3 is 15.7 Å². The summed E-state index contributed by atoms with van der Waals surface area (Å²) in [6.07, 6.45) is 3.00. The Bertz CT molecular complexity index is 237. The molecule has 5 nitrogen and oxygen atoms in total. The van der Waals surface area contributed by atoms with Crippen LogP contribution >= 0.6 is 0 Å². The molecule has 1 saturated heterocycles. The van der Waals surface area contributed by atoms with Gasteiger partial charge in [0.05, 0.1) is 12.0 Å². The molecule has 0 aromatic carbocycles. The molecular weight excluding hydrogens is 196 g/mol. The number of carboxylic acids is 1. The molecule has 0 spiro atoms. The Hall–Kier alpha value is -1.10. The molecule has 1 unspecified atom stereocenters. The largest absolute Gasteiger partial charge is 0.481 e. The molecule has 86 valence electrons. The van der Waals surface area contributed by atoms with Crippen LogP contribution in [-0.2, 0) is 9.59 Å². The first-order valence-corrected chi connectivity index (χ1v) is 5.35. The first kappa shape index (κ1) is 12.0. The summed E-state index contributed by atoms with van der Waals surface area (Å²) in [6, 6.07) is -0.139. The van der Waals surface area contributed by atoms with Crippen molar-refractivity contribution in [2.45, 2.75) is 32.2 Å². The lowest BCUT2D eigenvalue weighted by atomic mass is 10.0. The third kappa shape index (κ3) is 3.87. The number of hydrogen-bond acceptors (Lipinski definition) is 3. The average Bonchev–Trinajstić information content (AvgIpc) is 2.26. The van der Waals surface area contributed by atoms with Crippen LogP contribution in [0.2, 0.25) is 0 Å². The van der Waals surface area contributed by atoms with Gasteiger partial charge in [-0.25, -0.2) is 0 Å². The van der Waals surface area contributed by atoms with Crippen molar-refractivity contribution in [1.82, 2.24) is 10.6 Å². The second-order valence-electron chi connectivity index (χ2n) is 3.99. The maximum absolute atomic E-state index is 11.6. The molecule has 1 heterocycles. The maximum atomic E-state index is 11.6. The van der Waals surface area contributed by atoms with Gasteiger partial charge in [-0.2, -0.15) is 0 Å². The summed E-state index contributed by atoms with van der Waals surface area (Å²) in [5.74, 6) is -1.49. The number of aliphatic carboxylic acids is 1. The summed E-state index contributed by atoms with van der Waals surface area (Å²) < 4.78 is 0. The highest BCUT2D eigenvalue weighted by atomic mass is 16.4. The Labute approximate surface area is 89.2 Å². The smallest absolute Gasteiger partial charge is 0.308 e. The summed E-state index contributed by atoms with van der Waals surface area (Å²) in [5.41, 5.74) is 0. The van der Waals surface area contributed by atoms with E-state index in [1.54, 1.807) is 6.92 Å². The van der Waals surface area contributed by atoms with Crippen LogP contribution in [0.3, 0.4) is 0 Å². The molecule has 1 rings (SSSR count). The fraction of sp³-hybridized carbons (Fsp3) is 0.800. The highest BCUT2D eigenvalue weighted by Crippen LogP contribution is 2.06. The van der Waals surface area contributed by atoms with Crippen molar-refractivity contribution >= 4 is 11.9 Å². The Balaban J connectivity index is 2.25. The molecule has 2 atom stereocenters. The second kappa shape index (κ2) is 5.70. The van der Waals surface area contributed by atoms with E-state index < -0.39 is 11.9 Å². The molecular formula is C10H18N2O3. The zero-order valence-corrected chi connectivity index (χ0v) is 8.95. The predicted molar refractivity (Wildman–Crippen MR) is 55.5 cm³/mol. The number of amides is 1. The molecule has 1 aliphatic heterocycles. The Morgan fingerprint density at radius 3 is 2.80 bits per heavy atom. The standard InChI is InChI=1S/C10H18N2O3/c1-7(10(14)15)6-12-9(13)8-4-2-3-5-11-8/h7-8,11H,2-6H2,1H3,(H,12,13)(H,14,15)/t7?,8-/m0/s1.